The van der Waals surface area contributed by atoms with Crippen molar-refractivity contribution in [3.8, 4) is 5.75 Å². The molecule has 1 aliphatic carbocycles. The van der Waals surface area contributed by atoms with E-state index in [1.54, 1.807) is 7.11 Å². The number of methoxy groups -OCH3 is 1. The third-order valence-electron chi connectivity index (χ3n) is 4.25. The Balaban J connectivity index is 1.81. The maximum absolute atomic E-state index is 9.41. The van der Waals surface area contributed by atoms with Crippen LogP contribution >= 0.6 is 11.6 Å². The van der Waals surface area contributed by atoms with Crippen LogP contribution in [0.5, 0.6) is 5.75 Å². The van der Waals surface area contributed by atoms with Gasteiger partial charge in [0.25, 0.3) is 0 Å². The number of rotatable bonds is 6. The second-order valence-electron chi connectivity index (χ2n) is 5.59. The van der Waals surface area contributed by atoms with E-state index < -0.39 is 0 Å². The molecular formula is C16H24ClNO2. The molecule has 4 heteroatoms. The van der Waals surface area contributed by atoms with E-state index in [1.165, 1.54) is 19.3 Å². The maximum Gasteiger partial charge on any atom is 0.137 e. The fourth-order valence-corrected chi connectivity index (χ4v) is 3.30. The first-order valence-corrected chi connectivity index (χ1v) is 7.76. The number of hydrogen-bond donors (Lipinski definition) is 2. The largest absolute Gasteiger partial charge is 0.495 e. The number of benzene rings is 1. The first-order chi connectivity index (χ1) is 9.74. The van der Waals surface area contributed by atoms with Crippen LogP contribution in [0.2, 0.25) is 5.02 Å². The molecule has 2 unspecified atom stereocenters. The summed E-state index contributed by atoms with van der Waals surface area (Å²) in [5.74, 6) is 1.78. The van der Waals surface area contributed by atoms with Crippen LogP contribution in [0.4, 0.5) is 0 Å². The van der Waals surface area contributed by atoms with Gasteiger partial charge < -0.3 is 15.2 Å². The van der Waals surface area contributed by atoms with Crippen molar-refractivity contribution in [3.05, 3.63) is 28.8 Å². The van der Waals surface area contributed by atoms with Gasteiger partial charge in [-0.25, -0.2) is 0 Å². The van der Waals surface area contributed by atoms with Crippen LogP contribution in [0.3, 0.4) is 0 Å². The van der Waals surface area contributed by atoms with Crippen LogP contribution in [0.25, 0.3) is 0 Å². The lowest BCUT2D eigenvalue weighted by Crippen LogP contribution is -2.32. The minimum atomic E-state index is 0.320. The average molecular weight is 298 g/mol. The lowest BCUT2D eigenvalue weighted by molar-refractivity contribution is 0.133. The Morgan fingerprint density at radius 1 is 1.30 bits per heavy atom. The zero-order valence-corrected chi connectivity index (χ0v) is 12.8. The molecule has 2 N–H and O–H groups in total. The summed E-state index contributed by atoms with van der Waals surface area (Å²) in [7, 11) is 1.62. The first kappa shape index (κ1) is 15.6. The molecule has 1 fully saturated rings. The highest BCUT2D eigenvalue weighted by Gasteiger charge is 2.23. The summed E-state index contributed by atoms with van der Waals surface area (Å²) in [6.45, 7) is 2.09. The van der Waals surface area contributed by atoms with Crippen LogP contribution in [-0.2, 0) is 6.54 Å². The molecule has 0 spiro atoms. The molecule has 1 saturated carbocycles. The predicted octanol–water partition coefficient (Wildman–Crippen LogP) is 3.24. The van der Waals surface area contributed by atoms with Gasteiger partial charge in [-0.1, -0.05) is 30.5 Å². The molecule has 3 nitrogen and oxygen atoms in total. The topological polar surface area (TPSA) is 41.5 Å². The molecule has 0 saturated heterocycles. The highest BCUT2D eigenvalue weighted by molar-refractivity contribution is 6.32. The fourth-order valence-electron chi connectivity index (χ4n) is 3.02. The second-order valence-corrected chi connectivity index (χ2v) is 5.99. The number of nitrogens with one attached hydrogen (secondary N) is 1. The van der Waals surface area contributed by atoms with Crippen molar-refractivity contribution in [2.45, 2.75) is 32.2 Å². The Kier molecular flexibility index (Phi) is 6.14. The molecule has 1 aromatic rings. The minimum absolute atomic E-state index is 0.320. The van der Waals surface area contributed by atoms with Crippen molar-refractivity contribution in [2.75, 3.05) is 20.3 Å². The lowest BCUT2D eigenvalue weighted by Gasteiger charge is -2.30. The van der Waals surface area contributed by atoms with Crippen LogP contribution in [0, 0.1) is 11.8 Å². The summed E-state index contributed by atoms with van der Waals surface area (Å²) in [5.41, 5.74) is 1.16. The number of aliphatic hydroxyl groups is 1. The second kappa shape index (κ2) is 7.87. The van der Waals surface area contributed by atoms with Gasteiger partial charge in [-0.2, -0.15) is 0 Å². The third kappa shape index (κ3) is 4.11. The standard InChI is InChI=1S/C16H24ClNO2/c1-20-16-7-6-12(8-15(16)17)9-18-10-13-4-2-3-5-14(13)11-19/h6-8,13-14,18-19H,2-5,9-11H2,1H3. The van der Waals surface area contributed by atoms with E-state index in [0.29, 0.717) is 29.2 Å². The number of ether oxygens (including phenoxy) is 1. The summed E-state index contributed by atoms with van der Waals surface area (Å²) in [4.78, 5) is 0. The zero-order chi connectivity index (χ0) is 14.4. The Morgan fingerprint density at radius 2 is 2.05 bits per heavy atom. The molecule has 2 rings (SSSR count). The average Bonchev–Trinajstić information content (AvgIpc) is 2.48. The molecule has 0 aliphatic heterocycles. The van der Waals surface area contributed by atoms with Crippen molar-refractivity contribution in [1.29, 1.82) is 0 Å². The smallest absolute Gasteiger partial charge is 0.137 e. The van der Waals surface area contributed by atoms with Crippen LogP contribution in [-0.4, -0.2) is 25.4 Å². The van der Waals surface area contributed by atoms with Crippen molar-refractivity contribution < 1.29 is 9.84 Å². The van der Waals surface area contributed by atoms with E-state index in [9.17, 15) is 5.11 Å². The normalized spacial score (nSPS) is 22.8. The predicted molar refractivity (Wildman–Crippen MR) is 82.2 cm³/mol. The third-order valence-corrected chi connectivity index (χ3v) is 4.55. The van der Waals surface area contributed by atoms with E-state index in [4.69, 9.17) is 16.3 Å². The number of aliphatic hydroxyl groups excluding tert-OH is 1. The van der Waals surface area contributed by atoms with E-state index in [1.807, 2.05) is 18.2 Å². The molecule has 2 atom stereocenters. The SMILES string of the molecule is COc1ccc(CNCC2CCCCC2CO)cc1Cl. The van der Waals surface area contributed by atoms with Gasteiger partial charge in [0.05, 0.1) is 12.1 Å². The number of halogens is 1. The van der Waals surface area contributed by atoms with Gasteiger partial charge in [0.2, 0.25) is 0 Å². The van der Waals surface area contributed by atoms with E-state index in [-0.39, 0.29) is 0 Å². The van der Waals surface area contributed by atoms with Crippen molar-refractivity contribution in [2.24, 2.45) is 11.8 Å². The monoisotopic (exact) mass is 297 g/mol. The first-order valence-electron chi connectivity index (χ1n) is 7.38. The van der Waals surface area contributed by atoms with Gasteiger partial charge in [0, 0.05) is 13.2 Å². The molecule has 112 valence electrons. The molecule has 0 aromatic heterocycles. The quantitative estimate of drug-likeness (QED) is 0.847. The molecule has 0 amide bonds. The van der Waals surface area contributed by atoms with E-state index in [0.717, 1.165) is 25.1 Å². The summed E-state index contributed by atoms with van der Waals surface area (Å²) in [5, 5.41) is 13.6. The van der Waals surface area contributed by atoms with Gasteiger partial charge in [-0.3, -0.25) is 0 Å². The van der Waals surface area contributed by atoms with Gasteiger partial charge in [0.1, 0.15) is 5.75 Å². The van der Waals surface area contributed by atoms with Crippen LogP contribution in [0.1, 0.15) is 31.2 Å². The highest BCUT2D eigenvalue weighted by Crippen LogP contribution is 2.29. The summed E-state index contributed by atoms with van der Waals surface area (Å²) in [6, 6.07) is 5.87. The maximum atomic E-state index is 9.41. The van der Waals surface area contributed by atoms with E-state index in [2.05, 4.69) is 5.32 Å². The molecule has 0 heterocycles. The summed E-state index contributed by atoms with van der Waals surface area (Å²) >= 11 is 6.12. The molecule has 0 radical (unpaired) electrons. The van der Waals surface area contributed by atoms with Gasteiger partial charge in [0.15, 0.2) is 0 Å². The molecule has 1 aliphatic rings. The fraction of sp³-hybridized carbons (Fsp3) is 0.625. The van der Waals surface area contributed by atoms with Gasteiger partial charge in [-0.15, -0.1) is 0 Å². The Morgan fingerprint density at radius 3 is 2.70 bits per heavy atom. The minimum Gasteiger partial charge on any atom is -0.495 e. The van der Waals surface area contributed by atoms with Crippen molar-refractivity contribution in [1.82, 2.24) is 5.32 Å². The molecule has 20 heavy (non-hydrogen) atoms. The lowest BCUT2D eigenvalue weighted by atomic mass is 9.79. The van der Waals surface area contributed by atoms with Gasteiger partial charge in [-0.05, 0) is 48.9 Å². The zero-order valence-electron chi connectivity index (χ0n) is 12.1. The van der Waals surface area contributed by atoms with Crippen LogP contribution in [0.15, 0.2) is 18.2 Å². The van der Waals surface area contributed by atoms with Gasteiger partial charge >= 0.3 is 0 Å². The summed E-state index contributed by atoms with van der Waals surface area (Å²) < 4.78 is 5.15. The van der Waals surface area contributed by atoms with Crippen molar-refractivity contribution >= 4 is 11.6 Å². The molecule has 0 bridgehead atoms. The summed E-state index contributed by atoms with van der Waals surface area (Å²) in [6.07, 6.45) is 4.94. The Bertz CT molecular complexity index is 425. The Labute approximate surface area is 126 Å². The van der Waals surface area contributed by atoms with Crippen LogP contribution < -0.4 is 10.1 Å². The van der Waals surface area contributed by atoms with E-state index >= 15 is 0 Å². The van der Waals surface area contributed by atoms with Crippen molar-refractivity contribution in [3.63, 3.8) is 0 Å². The molecule has 1 aromatic carbocycles. The molecular weight excluding hydrogens is 274 g/mol. The Hall–Kier alpha value is -0.770. The highest BCUT2D eigenvalue weighted by atomic mass is 35.5. The number of hydrogen-bond acceptors (Lipinski definition) is 3.